The summed E-state index contributed by atoms with van der Waals surface area (Å²) in [5.41, 5.74) is -0.558. The van der Waals surface area contributed by atoms with Crippen LogP contribution in [0.5, 0.6) is 0 Å². The van der Waals surface area contributed by atoms with Gasteiger partial charge in [0, 0.05) is 23.3 Å². The third-order valence-electron chi connectivity index (χ3n) is 5.20. The van der Waals surface area contributed by atoms with Crippen molar-refractivity contribution in [2.75, 3.05) is 0 Å². The summed E-state index contributed by atoms with van der Waals surface area (Å²) in [6, 6.07) is 8.45. The minimum Gasteiger partial charge on any atom is -0.399 e. The van der Waals surface area contributed by atoms with Gasteiger partial charge in [-0.15, -0.1) is 0 Å². The van der Waals surface area contributed by atoms with E-state index >= 15 is 0 Å². The van der Waals surface area contributed by atoms with Crippen molar-refractivity contribution in [2.45, 2.75) is 38.9 Å². The SMILES string of the molecule is CC1(C)OB(c2ccc(C=O)cc2[N+](=O)[O-])OC1(C)C.O=Cc1ccc(Br)c([N+](=O)[O-])c1. The fourth-order valence-electron chi connectivity index (χ4n) is 2.70. The van der Waals surface area contributed by atoms with Crippen LogP contribution in [0.15, 0.2) is 40.9 Å². The van der Waals surface area contributed by atoms with Gasteiger partial charge in [-0.3, -0.25) is 29.8 Å². The van der Waals surface area contributed by atoms with Gasteiger partial charge < -0.3 is 9.31 Å². The topological polar surface area (TPSA) is 139 Å². The molecule has 2 aromatic rings. The largest absolute Gasteiger partial charge is 0.501 e. The van der Waals surface area contributed by atoms with Gasteiger partial charge in [-0.25, -0.2) is 0 Å². The maximum Gasteiger partial charge on any atom is 0.501 e. The molecule has 0 aliphatic carbocycles. The van der Waals surface area contributed by atoms with Crippen LogP contribution in [0.2, 0.25) is 0 Å². The number of carbonyl (C=O) groups excluding carboxylic acids is 2. The number of benzene rings is 2. The maximum atomic E-state index is 11.1. The number of carbonyl (C=O) groups is 2. The van der Waals surface area contributed by atoms with Crippen LogP contribution in [0, 0.1) is 20.2 Å². The van der Waals surface area contributed by atoms with Crippen molar-refractivity contribution < 1.29 is 28.7 Å². The molecule has 3 rings (SSSR count). The van der Waals surface area contributed by atoms with Gasteiger partial charge in [0.2, 0.25) is 0 Å². The van der Waals surface area contributed by atoms with E-state index in [1.54, 1.807) is 0 Å². The average Bonchev–Trinajstić information content (AvgIpc) is 2.95. The van der Waals surface area contributed by atoms with Gasteiger partial charge >= 0.3 is 7.12 Å². The van der Waals surface area contributed by atoms with Crippen molar-refractivity contribution in [1.82, 2.24) is 0 Å². The summed E-state index contributed by atoms with van der Waals surface area (Å²) in [5, 5.41) is 21.5. The number of aldehydes is 2. The summed E-state index contributed by atoms with van der Waals surface area (Å²) in [7, 11) is -0.818. The molecule has 10 nitrogen and oxygen atoms in total. The molecule has 0 amide bonds. The fraction of sp³-hybridized carbons (Fsp3) is 0.300. The zero-order valence-electron chi connectivity index (χ0n) is 17.7. The Morgan fingerprint density at radius 3 is 1.72 bits per heavy atom. The molecule has 0 unspecified atom stereocenters. The molecule has 0 saturated carbocycles. The Morgan fingerprint density at radius 1 is 0.844 bits per heavy atom. The highest BCUT2D eigenvalue weighted by molar-refractivity contribution is 9.10. The molecule has 2 aromatic carbocycles. The molecule has 12 heteroatoms. The Kier molecular flexibility index (Phi) is 7.65. The lowest BCUT2D eigenvalue weighted by Gasteiger charge is -2.32. The Labute approximate surface area is 192 Å². The average molecular weight is 507 g/mol. The summed E-state index contributed by atoms with van der Waals surface area (Å²) in [6.45, 7) is 7.49. The Hall–Kier alpha value is -2.96. The Balaban J connectivity index is 0.000000258. The highest BCUT2D eigenvalue weighted by atomic mass is 79.9. The number of rotatable bonds is 5. The van der Waals surface area contributed by atoms with Gasteiger partial charge in [0.1, 0.15) is 12.6 Å². The standard InChI is InChI=1S/C13H16BNO5.C7H4BrNO3/c1-12(2)13(3,4)20-14(19-12)10-6-5-9(8-16)7-11(10)15(17)18;8-6-2-1-5(4-10)3-7(6)9(11)12/h5-8H,1-4H3;1-4H. The predicted molar refractivity (Wildman–Crippen MR) is 120 cm³/mol. The summed E-state index contributed by atoms with van der Waals surface area (Å²) in [5.74, 6) is 0. The monoisotopic (exact) mass is 506 g/mol. The molecule has 32 heavy (non-hydrogen) atoms. The van der Waals surface area contributed by atoms with E-state index in [9.17, 15) is 29.8 Å². The molecule has 0 bridgehead atoms. The number of nitrogens with zero attached hydrogens (tertiary/aromatic N) is 2. The second kappa shape index (κ2) is 9.68. The highest BCUT2D eigenvalue weighted by Gasteiger charge is 2.53. The summed E-state index contributed by atoms with van der Waals surface area (Å²) in [4.78, 5) is 41.4. The normalized spacial score (nSPS) is 16.0. The maximum absolute atomic E-state index is 11.1. The molecule has 0 spiro atoms. The van der Waals surface area contributed by atoms with Crippen LogP contribution in [-0.4, -0.2) is 40.7 Å². The zero-order chi connectivity index (χ0) is 24.3. The molecule has 1 fully saturated rings. The third-order valence-corrected chi connectivity index (χ3v) is 5.87. The molecular formula is C20H20BBrN2O8. The second-order valence-corrected chi connectivity index (χ2v) is 8.72. The molecule has 0 atom stereocenters. The van der Waals surface area contributed by atoms with E-state index in [4.69, 9.17) is 9.31 Å². The van der Waals surface area contributed by atoms with Gasteiger partial charge in [0.25, 0.3) is 11.4 Å². The molecule has 1 heterocycles. The first-order valence-electron chi connectivity index (χ1n) is 9.31. The smallest absolute Gasteiger partial charge is 0.399 e. The molecule has 0 aromatic heterocycles. The molecule has 1 saturated heterocycles. The van der Waals surface area contributed by atoms with Crippen molar-refractivity contribution >= 4 is 52.5 Å². The van der Waals surface area contributed by atoms with E-state index in [1.807, 2.05) is 27.7 Å². The van der Waals surface area contributed by atoms with Crippen LogP contribution >= 0.6 is 15.9 Å². The van der Waals surface area contributed by atoms with Crippen LogP contribution in [0.4, 0.5) is 11.4 Å². The molecule has 168 valence electrons. The zero-order valence-corrected chi connectivity index (χ0v) is 19.3. The van der Waals surface area contributed by atoms with Crippen LogP contribution in [0.3, 0.4) is 0 Å². The van der Waals surface area contributed by atoms with Gasteiger partial charge in [-0.2, -0.15) is 0 Å². The van der Waals surface area contributed by atoms with E-state index < -0.39 is 28.2 Å². The van der Waals surface area contributed by atoms with Gasteiger partial charge in [-0.1, -0.05) is 18.2 Å². The number of hydrogen-bond acceptors (Lipinski definition) is 8. The van der Waals surface area contributed by atoms with Crippen LogP contribution in [0.25, 0.3) is 0 Å². The Morgan fingerprint density at radius 2 is 1.28 bits per heavy atom. The lowest BCUT2D eigenvalue weighted by molar-refractivity contribution is -0.385. The van der Waals surface area contributed by atoms with Crippen molar-refractivity contribution in [2.24, 2.45) is 0 Å². The number of halogens is 1. The van der Waals surface area contributed by atoms with Crippen molar-refractivity contribution in [3.8, 4) is 0 Å². The van der Waals surface area contributed by atoms with Crippen molar-refractivity contribution in [3.63, 3.8) is 0 Å². The van der Waals surface area contributed by atoms with E-state index in [1.165, 1.54) is 36.4 Å². The minimum absolute atomic E-state index is 0.0976. The van der Waals surface area contributed by atoms with Crippen LogP contribution in [0.1, 0.15) is 48.4 Å². The van der Waals surface area contributed by atoms with E-state index in [2.05, 4.69) is 15.9 Å². The third kappa shape index (κ3) is 5.45. The highest BCUT2D eigenvalue weighted by Crippen LogP contribution is 2.37. The van der Waals surface area contributed by atoms with Gasteiger partial charge in [0.15, 0.2) is 0 Å². The first kappa shape index (κ1) is 25.3. The lowest BCUT2D eigenvalue weighted by atomic mass is 9.77. The van der Waals surface area contributed by atoms with E-state index in [0.717, 1.165) is 0 Å². The van der Waals surface area contributed by atoms with Crippen molar-refractivity contribution in [1.29, 1.82) is 0 Å². The first-order chi connectivity index (χ1) is 14.8. The second-order valence-electron chi connectivity index (χ2n) is 7.87. The minimum atomic E-state index is -0.818. The van der Waals surface area contributed by atoms with Crippen LogP contribution in [-0.2, 0) is 9.31 Å². The van der Waals surface area contributed by atoms with E-state index in [0.29, 0.717) is 28.1 Å². The molecule has 0 radical (unpaired) electrons. The summed E-state index contributed by atoms with van der Waals surface area (Å²) in [6.07, 6.45) is 1.14. The van der Waals surface area contributed by atoms with Gasteiger partial charge in [-0.05, 0) is 49.7 Å². The number of nitro groups is 2. The molecular weight excluding hydrogens is 487 g/mol. The number of hydrogen-bond donors (Lipinski definition) is 0. The Bertz CT molecular complexity index is 1060. The van der Waals surface area contributed by atoms with Crippen LogP contribution < -0.4 is 5.46 Å². The number of nitro benzene ring substituents is 2. The van der Waals surface area contributed by atoms with Gasteiger partial charge in [0.05, 0.1) is 31.0 Å². The quantitative estimate of drug-likeness (QED) is 0.257. The molecule has 0 N–H and O–H groups in total. The molecule has 1 aliphatic heterocycles. The summed E-state index contributed by atoms with van der Waals surface area (Å²) >= 11 is 3.00. The first-order valence-corrected chi connectivity index (χ1v) is 10.1. The van der Waals surface area contributed by atoms with Crippen molar-refractivity contribution in [3.05, 3.63) is 72.2 Å². The van der Waals surface area contributed by atoms with E-state index in [-0.39, 0.29) is 16.9 Å². The fourth-order valence-corrected chi connectivity index (χ4v) is 3.10. The predicted octanol–water partition coefficient (Wildman–Crippen LogP) is 3.88. The summed E-state index contributed by atoms with van der Waals surface area (Å²) < 4.78 is 12.0. The molecule has 1 aliphatic rings. The lowest BCUT2D eigenvalue weighted by Crippen LogP contribution is -2.41.